The van der Waals surface area contributed by atoms with E-state index in [9.17, 15) is 0 Å². The molecule has 2 aliphatic heterocycles. The third kappa shape index (κ3) is 4.30. The molecule has 0 fully saturated rings. The number of hydrogen-bond acceptors (Lipinski definition) is 0. The minimum absolute atomic E-state index is 0. The normalized spacial score (nSPS) is 20.2. The second kappa shape index (κ2) is 10.4. The van der Waals surface area contributed by atoms with Gasteiger partial charge in [-0.3, -0.25) is 0 Å². The summed E-state index contributed by atoms with van der Waals surface area (Å²) < 4.78 is 0.654. The van der Waals surface area contributed by atoms with Gasteiger partial charge in [-0.1, -0.05) is 62.0 Å². The van der Waals surface area contributed by atoms with E-state index in [0.29, 0.717) is 3.63 Å². The largest absolute Gasteiger partial charge is 1.00 e. The summed E-state index contributed by atoms with van der Waals surface area (Å²) in [6.45, 7) is 12.0. The van der Waals surface area contributed by atoms with Gasteiger partial charge in [-0.2, -0.15) is 0 Å². The van der Waals surface area contributed by atoms with Crippen molar-refractivity contribution in [1.82, 2.24) is 0 Å². The molecule has 0 nitrogen and oxygen atoms in total. The third-order valence-corrected chi connectivity index (χ3v) is 13.3. The Hall–Kier alpha value is -1.18. The summed E-state index contributed by atoms with van der Waals surface area (Å²) in [6, 6.07) is 26.4. The standard InChI is InChI=1S/C16H13.C14H18Si.2ClH.Zr/c1-12-10-14-8-5-9-15(16(14)11-12)13-6-3-2-4-7-13;1-9(2)12-13-10-7-5-6-8-11(10)14(12)15(13,3)4;;;/h2-11H,1H3;5-9,13H,1-4H3;2*1H;/q;;;;+2/p-2. The average Bonchev–Trinajstić information content (AvgIpc) is 3.39. The molecule has 4 aliphatic rings. The molecular weight excluding hydrogens is 551 g/mol. The Balaban J connectivity index is 0.000000181. The summed E-state index contributed by atoms with van der Waals surface area (Å²) in [7, 11) is -1.10. The first-order valence-electron chi connectivity index (χ1n) is 11.7. The SMILES string of the molecule is CC(C)C1=C2c3ccccc3C1[Si]2(C)C.CC1=Cc2c(-c3ccccc3)cccc2[CH]1[Zr+2].[Cl-].[Cl-]. The molecule has 2 aliphatic carbocycles. The number of allylic oxidation sites excluding steroid dienone is 2. The molecule has 3 aromatic carbocycles. The van der Waals surface area contributed by atoms with Crippen LogP contribution in [0.2, 0.25) is 13.1 Å². The first-order chi connectivity index (χ1) is 15.3. The Morgan fingerprint density at radius 3 is 2.00 bits per heavy atom. The van der Waals surface area contributed by atoms with Crippen molar-refractivity contribution >= 4 is 19.3 Å². The van der Waals surface area contributed by atoms with Crippen LogP contribution in [0.1, 0.15) is 52.2 Å². The minimum Gasteiger partial charge on any atom is -1.00 e. The first kappa shape index (κ1) is 27.4. The fourth-order valence-electron chi connectivity index (χ4n) is 6.05. The Labute approximate surface area is 233 Å². The molecule has 3 aromatic rings. The first-order valence-corrected chi connectivity index (χ1v) is 16.2. The number of hydrogen-bond donors (Lipinski definition) is 0. The van der Waals surface area contributed by atoms with Crippen molar-refractivity contribution in [2.24, 2.45) is 5.92 Å². The number of fused-ring (bicyclic) bond motifs is 1. The summed E-state index contributed by atoms with van der Waals surface area (Å²) >= 11 is 1.58. The smallest absolute Gasteiger partial charge is 1.00 e. The maximum absolute atomic E-state index is 2.53. The zero-order valence-corrected chi connectivity index (χ0v) is 25.5. The molecule has 2 atom stereocenters. The maximum atomic E-state index is 2.53. The zero-order chi connectivity index (χ0) is 22.6. The van der Waals surface area contributed by atoms with Crippen LogP contribution >= 0.6 is 0 Å². The fraction of sp³-hybridized carbons (Fsp3) is 0.267. The molecule has 0 spiro atoms. The van der Waals surface area contributed by atoms with Crippen molar-refractivity contribution in [3.63, 3.8) is 0 Å². The number of rotatable bonds is 2. The predicted octanol–water partition coefficient (Wildman–Crippen LogP) is 2.36. The fourth-order valence-corrected chi connectivity index (χ4v) is 11.3. The molecule has 173 valence electrons. The van der Waals surface area contributed by atoms with Gasteiger partial charge in [0.15, 0.2) is 0 Å². The summed E-state index contributed by atoms with van der Waals surface area (Å²) in [6.07, 6.45) is 2.36. The second-order valence-electron chi connectivity index (χ2n) is 10.2. The quantitative estimate of drug-likeness (QED) is 0.408. The molecule has 0 N–H and O–H groups in total. The predicted molar refractivity (Wildman–Crippen MR) is 137 cm³/mol. The molecule has 0 saturated carbocycles. The van der Waals surface area contributed by atoms with Gasteiger partial charge in [0, 0.05) is 5.54 Å². The Bertz CT molecular complexity index is 1260. The van der Waals surface area contributed by atoms with E-state index in [1.807, 2.05) is 0 Å². The van der Waals surface area contributed by atoms with Crippen molar-refractivity contribution in [3.05, 3.63) is 106 Å². The molecule has 7 rings (SSSR count). The van der Waals surface area contributed by atoms with Gasteiger partial charge in [-0.25, -0.2) is 0 Å². The van der Waals surface area contributed by atoms with Crippen molar-refractivity contribution in [3.8, 4) is 11.1 Å². The van der Waals surface area contributed by atoms with Gasteiger partial charge in [0.05, 0.1) is 8.07 Å². The van der Waals surface area contributed by atoms with Crippen molar-refractivity contribution in [1.29, 1.82) is 0 Å². The van der Waals surface area contributed by atoms with E-state index in [1.54, 1.807) is 46.6 Å². The summed E-state index contributed by atoms with van der Waals surface area (Å²) in [5, 5.41) is 1.78. The molecule has 2 bridgehead atoms. The molecule has 2 heterocycles. The Kier molecular flexibility index (Phi) is 8.41. The monoisotopic (exact) mass is 579 g/mol. The summed E-state index contributed by atoms with van der Waals surface area (Å²) in [4.78, 5) is 0. The summed E-state index contributed by atoms with van der Waals surface area (Å²) in [5.74, 6) is 0.734. The third-order valence-electron chi connectivity index (χ3n) is 7.49. The van der Waals surface area contributed by atoms with Gasteiger partial charge in [0.25, 0.3) is 0 Å². The molecule has 4 heteroatoms. The maximum Gasteiger partial charge on any atom is -1.00 e. The van der Waals surface area contributed by atoms with Crippen LogP contribution in [0.5, 0.6) is 0 Å². The van der Waals surface area contributed by atoms with Gasteiger partial charge >= 0.3 is 118 Å². The minimum atomic E-state index is -1.10. The van der Waals surface area contributed by atoms with Gasteiger partial charge in [-0.05, 0) is 17.0 Å². The number of halogens is 2. The van der Waals surface area contributed by atoms with Crippen LogP contribution in [-0.2, 0) is 24.7 Å². The van der Waals surface area contributed by atoms with Crippen LogP contribution in [0, 0.1) is 5.92 Å². The van der Waals surface area contributed by atoms with Crippen LogP contribution in [0.25, 0.3) is 22.4 Å². The second-order valence-corrected chi connectivity index (χ2v) is 16.2. The Morgan fingerprint density at radius 2 is 1.35 bits per heavy atom. The van der Waals surface area contributed by atoms with Crippen LogP contribution < -0.4 is 24.8 Å². The molecule has 0 radical (unpaired) electrons. The van der Waals surface area contributed by atoms with Crippen LogP contribution in [0.3, 0.4) is 0 Å². The van der Waals surface area contributed by atoms with E-state index in [-0.39, 0.29) is 24.8 Å². The van der Waals surface area contributed by atoms with Gasteiger partial charge in [0.1, 0.15) is 0 Å². The van der Waals surface area contributed by atoms with Crippen molar-refractivity contribution < 1.29 is 49.5 Å². The number of benzene rings is 3. The molecular formula is C30H31Cl2SiZr. The van der Waals surface area contributed by atoms with Gasteiger partial charge in [-0.15, -0.1) is 0 Å². The van der Waals surface area contributed by atoms with E-state index >= 15 is 0 Å². The topological polar surface area (TPSA) is 0 Å². The van der Waals surface area contributed by atoms with Crippen molar-refractivity contribution in [2.45, 2.75) is 43.0 Å². The van der Waals surface area contributed by atoms with Gasteiger partial charge < -0.3 is 24.8 Å². The molecule has 0 amide bonds. The zero-order valence-electron chi connectivity index (χ0n) is 20.5. The van der Waals surface area contributed by atoms with E-state index in [2.05, 4.69) is 113 Å². The van der Waals surface area contributed by atoms with E-state index < -0.39 is 8.07 Å². The van der Waals surface area contributed by atoms with E-state index in [4.69, 9.17) is 0 Å². The summed E-state index contributed by atoms with van der Waals surface area (Å²) in [5.41, 5.74) is 12.9. The average molecular weight is 582 g/mol. The van der Waals surface area contributed by atoms with Crippen LogP contribution in [-0.4, -0.2) is 8.07 Å². The molecule has 2 unspecified atom stereocenters. The molecule has 0 aromatic heterocycles. The van der Waals surface area contributed by atoms with E-state index in [1.165, 1.54) is 27.8 Å². The van der Waals surface area contributed by atoms with Crippen molar-refractivity contribution in [2.75, 3.05) is 0 Å². The van der Waals surface area contributed by atoms with E-state index in [0.717, 1.165) is 11.5 Å². The Morgan fingerprint density at radius 1 is 0.765 bits per heavy atom. The molecule has 0 saturated heterocycles. The van der Waals surface area contributed by atoms with Crippen LogP contribution in [0.4, 0.5) is 0 Å². The van der Waals surface area contributed by atoms with Gasteiger partial charge in [0.2, 0.25) is 0 Å². The molecule has 34 heavy (non-hydrogen) atoms. The van der Waals surface area contributed by atoms with Crippen LogP contribution in [0.15, 0.2) is 83.9 Å².